The summed E-state index contributed by atoms with van der Waals surface area (Å²) in [5.41, 5.74) is 5.24. The Bertz CT molecular complexity index is 880. The molecule has 0 aliphatic carbocycles. The Hall–Kier alpha value is -2.29. The van der Waals surface area contributed by atoms with Gasteiger partial charge in [-0.15, -0.1) is 0 Å². The highest BCUT2D eigenvalue weighted by Crippen LogP contribution is 2.46. The Morgan fingerprint density at radius 2 is 1.89 bits per heavy atom. The van der Waals surface area contributed by atoms with Crippen molar-refractivity contribution in [3.8, 4) is 6.07 Å². The van der Waals surface area contributed by atoms with Gasteiger partial charge in [0.25, 0.3) is 14.1 Å². The van der Waals surface area contributed by atoms with Crippen LogP contribution in [0, 0.1) is 17.2 Å². The van der Waals surface area contributed by atoms with Gasteiger partial charge in [0, 0.05) is 31.7 Å². The number of carbonyl (C=O) groups excluding carboxylic acids is 1. The van der Waals surface area contributed by atoms with Crippen LogP contribution >= 0.6 is 8.53 Å². The minimum atomic E-state index is -1.38. The van der Waals surface area contributed by atoms with Crippen LogP contribution in [0.15, 0.2) is 4.79 Å². The number of nitriles is 1. The molecule has 2 unspecified atom stereocenters. The summed E-state index contributed by atoms with van der Waals surface area (Å²) in [6, 6.07) is 2.47. The number of anilines is 3. The lowest BCUT2D eigenvalue weighted by atomic mass is 10.2. The summed E-state index contributed by atoms with van der Waals surface area (Å²) in [5.74, 6) is -0.338. The van der Waals surface area contributed by atoms with E-state index in [1.165, 1.54) is 0 Å². The second-order valence-corrected chi connectivity index (χ2v) is 10.2. The van der Waals surface area contributed by atoms with E-state index in [1.54, 1.807) is 21.0 Å². The van der Waals surface area contributed by atoms with Crippen molar-refractivity contribution in [2.24, 2.45) is 5.92 Å². The number of nitrogens with one attached hydrogen (secondary N) is 3. The third kappa shape index (κ3) is 10.5. The maximum absolute atomic E-state index is 12.1. The maximum atomic E-state index is 12.1. The number of hydrogen-bond acceptors (Lipinski definition) is 10. The number of methoxy groups -OCH3 is 1. The molecule has 35 heavy (non-hydrogen) atoms. The molecule has 0 radical (unpaired) electrons. The number of H-pyrrole nitrogens is 1. The first-order chi connectivity index (χ1) is 16.5. The van der Waals surface area contributed by atoms with Crippen LogP contribution < -0.4 is 21.9 Å². The van der Waals surface area contributed by atoms with E-state index < -0.39 is 14.1 Å². The molecule has 0 spiro atoms. The van der Waals surface area contributed by atoms with Crippen LogP contribution in [0.3, 0.4) is 0 Å². The number of ether oxygens (including phenoxy) is 1. The molecular weight excluding hydrogens is 473 g/mol. The van der Waals surface area contributed by atoms with Crippen LogP contribution in [-0.4, -0.2) is 65.6 Å². The third-order valence-corrected chi connectivity index (χ3v) is 6.92. The molecule has 2 atom stereocenters. The van der Waals surface area contributed by atoms with Gasteiger partial charge in [-0.1, -0.05) is 13.8 Å². The number of carbonyl (C=O) groups is 1. The van der Waals surface area contributed by atoms with Crippen molar-refractivity contribution in [3.63, 3.8) is 0 Å². The fraction of sp³-hybridized carbons (Fsp3) is 0.727. The Kier molecular flexibility index (Phi) is 13.7. The summed E-state index contributed by atoms with van der Waals surface area (Å²) in [7, 11) is 0.216. The van der Waals surface area contributed by atoms with E-state index in [0.29, 0.717) is 19.6 Å². The standard InChI is InChI=1S/C22H40N7O5P/c1-14(2)20(30)27-22-26-19(18(24)21(31)28-22)25-11-9-17(32-7)13-34-35(33-12-8-10-23)29(15(3)4)16(5)6/h14-17H,8-9,11-13,24H2,1-7H3,(H3,25,26,27,28,30,31). The topological polar surface area (TPSA) is 168 Å². The minimum Gasteiger partial charge on any atom is -0.391 e. The van der Waals surface area contributed by atoms with Gasteiger partial charge in [0.2, 0.25) is 11.9 Å². The SMILES string of the molecule is COC(CCNc1nc(NC(=O)C(C)C)[nH]c(=O)c1N)COP(OCCC#N)N(C(C)C)C(C)C. The molecule has 1 aromatic heterocycles. The van der Waals surface area contributed by atoms with E-state index in [9.17, 15) is 9.59 Å². The Morgan fingerprint density at radius 3 is 2.43 bits per heavy atom. The molecule has 0 saturated heterocycles. The van der Waals surface area contributed by atoms with Gasteiger partial charge in [-0.2, -0.15) is 10.2 Å². The lowest BCUT2D eigenvalue weighted by Gasteiger charge is -2.36. The van der Waals surface area contributed by atoms with Crippen LogP contribution in [0.1, 0.15) is 54.4 Å². The molecule has 0 saturated carbocycles. The van der Waals surface area contributed by atoms with E-state index in [0.717, 1.165) is 0 Å². The van der Waals surface area contributed by atoms with Crippen molar-refractivity contribution in [1.82, 2.24) is 14.6 Å². The second-order valence-electron chi connectivity index (χ2n) is 8.74. The van der Waals surface area contributed by atoms with E-state index in [2.05, 4.69) is 59.0 Å². The predicted molar refractivity (Wildman–Crippen MR) is 138 cm³/mol. The summed E-state index contributed by atoms with van der Waals surface area (Å²) in [6.07, 6.45) is 0.549. The number of nitrogens with zero attached hydrogens (tertiary/aromatic N) is 3. The van der Waals surface area contributed by atoms with Crippen LogP contribution in [0.4, 0.5) is 17.5 Å². The number of aromatic nitrogens is 2. The number of amides is 1. The van der Waals surface area contributed by atoms with Crippen molar-refractivity contribution < 1.29 is 18.6 Å². The first kappa shape index (κ1) is 30.7. The van der Waals surface area contributed by atoms with Crippen LogP contribution in [0.2, 0.25) is 0 Å². The predicted octanol–water partition coefficient (Wildman–Crippen LogP) is 3.06. The number of rotatable bonds is 16. The van der Waals surface area contributed by atoms with Crippen LogP contribution in [0.5, 0.6) is 0 Å². The maximum Gasteiger partial charge on any atom is 0.277 e. The summed E-state index contributed by atoms with van der Waals surface area (Å²) < 4.78 is 19.7. The minimum absolute atomic E-state index is 0.0275. The van der Waals surface area contributed by atoms with Crippen molar-refractivity contribution >= 4 is 31.9 Å². The van der Waals surface area contributed by atoms with Crippen molar-refractivity contribution in [3.05, 3.63) is 10.4 Å². The van der Waals surface area contributed by atoms with E-state index in [4.69, 9.17) is 24.8 Å². The molecule has 5 N–H and O–H groups in total. The molecule has 0 aromatic carbocycles. The van der Waals surface area contributed by atoms with Gasteiger partial charge in [-0.3, -0.25) is 19.9 Å². The van der Waals surface area contributed by atoms with Gasteiger partial charge in [0.05, 0.1) is 31.8 Å². The van der Waals surface area contributed by atoms with Gasteiger partial charge in [0.15, 0.2) is 5.82 Å². The first-order valence-corrected chi connectivity index (χ1v) is 12.8. The van der Waals surface area contributed by atoms with Crippen molar-refractivity contribution in [2.75, 3.05) is 43.2 Å². The molecule has 12 nitrogen and oxygen atoms in total. The Balaban J connectivity index is 2.77. The smallest absolute Gasteiger partial charge is 0.277 e. The molecule has 0 aliphatic heterocycles. The lowest BCUT2D eigenvalue weighted by molar-refractivity contribution is -0.118. The summed E-state index contributed by atoms with van der Waals surface area (Å²) in [6.45, 7) is 12.7. The normalized spacial score (nSPS) is 13.3. The monoisotopic (exact) mass is 513 g/mol. The Labute approximate surface area is 208 Å². The van der Waals surface area contributed by atoms with Gasteiger partial charge >= 0.3 is 0 Å². The largest absolute Gasteiger partial charge is 0.391 e. The molecule has 198 valence electrons. The Morgan fingerprint density at radius 1 is 1.23 bits per heavy atom. The van der Waals surface area contributed by atoms with Gasteiger partial charge < -0.3 is 24.8 Å². The summed E-state index contributed by atoms with van der Waals surface area (Å²) >= 11 is 0. The fourth-order valence-electron chi connectivity index (χ4n) is 3.02. The van der Waals surface area contributed by atoms with Crippen LogP contribution in [-0.2, 0) is 18.6 Å². The van der Waals surface area contributed by atoms with Gasteiger partial charge in [-0.05, 0) is 34.1 Å². The molecule has 1 heterocycles. The zero-order valence-corrected chi connectivity index (χ0v) is 22.6. The highest BCUT2D eigenvalue weighted by molar-refractivity contribution is 7.44. The lowest BCUT2D eigenvalue weighted by Crippen LogP contribution is -2.34. The molecule has 1 aromatic rings. The van der Waals surface area contributed by atoms with Gasteiger partial charge in [0.1, 0.15) is 5.69 Å². The second kappa shape index (κ2) is 15.7. The number of hydrogen-bond donors (Lipinski definition) is 4. The summed E-state index contributed by atoms with van der Waals surface area (Å²) in [4.78, 5) is 30.7. The van der Waals surface area contributed by atoms with Gasteiger partial charge in [-0.25, -0.2) is 4.67 Å². The van der Waals surface area contributed by atoms with E-state index in [1.807, 2.05) is 0 Å². The molecule has 1 amide bonds. The number of aromatic amines is 1. The third-order valence-electron chi connectivity index (χ3n) is 4.85. The van der Waals surface area contributed by atoms with Crippen molar-refractivity contribution in [2.45, 2.75) is 72.6 Å². The van der Waals surface area contributed by atoms with E-state index in [-0.39, 0.29) is 60.5 Å². The zero-order chi connectivity index (χ0) is 26.5. The molecular formula is C22H40N7O5P. The average molecular weight is 514 g/mol. The quantitative estimate of drug-likeness (QED) is 0.190. The van der Waals surface area contributed by atoms with Crippen molar-refractivity contribution in [1.29, 1.82) is 5.26 Å². The molecule has 0 fully saturated rings. The molecule has 1 rings (SSSR count). The highest BCUT2D eigenvalue weighted by atomic mass is 31.2. The van der Waals surface area contributed by atoms with E-state index >= 15 is 0 Å². The summed E-state index contributed by atoms with van der Waals surface area (Å²) in [5, 5.41) is 14.4. The average Bonchev–Trinajstić information content (AvgIpc) is 2.78. The zero-order valence-electron chi connectivity index (χ0n) is 21.8. The molecule has 0 bridgehead atoms. The first-order valence-electron chi connectivity index (χ1n) is 11.7. The number of nitrogen functional groups attached to an aromatic ring is 1. The molecule has 0 aliphatic rings. The fourth-order valence-corrected chi connectivity index (χ4v) is 4.66. The molecule has 13 heteroatoms. The van der Waals surface area contributed by atoms with Crippen LogP contribution in [0.25, 0.3) is 0 Å². The number of nitrogens with two attached hydrogens (primary N) is 1. The highest BCUT2D eigenvalue weighted by Gasteiger charge is 2.28.